The number of amides is 1. The second kappa shape index (κ2) is 8.12. The zero-order valence-electron chi connectivity index (χ0n) is 15.1. The molecular formula is C20H26N4O. The average molecular weight is 338 g/mol. The van der Waals surface area contributed by atoms with Gasteiger partial charge in [-0.05, 0) is 30.2 Å². The molecule has 1 aliphatic heterocycles. The van der Waals surface area contributed by atoms with Crippen LogP contribution in [0.5, 0.6) is 0 Å². The number of para-hydroxylation sites is 1. The van der Waals surface area contributed by atoms with Crippen LogP contribution in [0.15, 0.2) is 48.8 Å². The van der Waals surface area contributed by atoms with Gasteiger partial charge in [0, 0.05) is 70.5 Å². The van der Waals surface area contributed by atoms with Gasteiger partial charge in [0.15, 0.2) is 0 Å². The van der Waals surface area contributed by atoms with E-state index in [-0.39, 0.29) is 5.91 Å². The van der Waals surface area contributed by atoms with E-state index < -0.39 is 0 Å². The molecule has 2 heterocycles. The molecule has 0 unspecified atom stereocenters. The largest absolute Gasteiger partial charge is 0.377 e. The van der Waals surface area contributed by atoms with Crippen molar-refractivity contribution in [2.24, 2.45) is 0 Å². The lowest BCUT2D eigenvalue weighted by Crippen LogP contribution is -2.35. The van der Waals surface area contributed by atoms with E-state index in [4.69, 9.17) is 0 Å². The summed E-state index contributed by atoms with van der Waals surface area (Å²) in [6.45, 7) is 4.42. The number of hydrogen-bond donors (Lipinski definition) is 0. The molecule has 5 heteroatoms. The van der Waals surface area contributed by atoms with Gasteiger partial charge in [-0.2, -0.15) is 0 Å². The molecule has 1 aromatic carbocycles. The van der Waals surface area contributed by atoms with Crippen molar-refractivity contribution < 1.29 is 4.79 Å². The number of pyridine rings is 1. The predicted octanol–water partition coefficient (Wildman–Crippen LogP) is 2.50. The van der Waals surface area contributed by atoms with E-state index in [9.17, 15) is 4.79 Å². The normalized spacial score (nSPS) is 15.7. The van der Waals surface area contributed by atoms with E-state index in [2.05, 4.69) is 53.1 Å². The van der Waals surface area contributed by atoms with Crippen molar-refractivity contribution >= 4 is 11.6 Å². The fourth-order valence-electron chi connectivity index (χ4n) is 3.33. The summed E-state index contributed by atoms with van der Waals surface area (Å²) in [4.78, 5) is 23.2. The van der Waals surface area contributed by atoms with Crippen LogP contribution in [0.4, 0.5) is 5.69 Å². The summed E-state index contributed by atoms with van der Waals surface area (Å²) >= 11 is 0. The maximum atomic E-state index is 12.6. The Kier molecular flexibility index (Phi) is 5.66. The van der Waals surface area contributed by atoms with Crippen molar-refractivity contribution in [2.75, 3.05) is 45.2 Å². The lowest BCUT2D eigenvalue weighted by atomic mass is 10.1. The van der Waals surface area contributed by atoms with Crippen molar-refractivity contribution in [3.63, 3.8) is 0 Å². The van der Waals surface area contributed by atoms with Crippen LogP contribution in [-0.2, 0) is 6.54 Å². The summed E-state index contributed by atoms with van der Waals surface area (Å²) < 4.78 is 0. The fraction of sp³-hybridized carbons (Fsp3) is 0.400. The van der Waals surface area contributed by atoms with Crippen LogP contribution in [0.25, 0.3) is 0 Å². The van der Waals surface area contributed by atoms with E-state index in [0.717, 1.165) is 44.7 Å². The Morgan fingerprint density at radius 2 is 1.80 bits per heavy atom. The number of nitrogens with zero attached hydrogens (tertiary/aromatic N) is 4. The van der Waals surface area contributed by atoms with Crippen LogP contribution < -0.4 is 4.90 Å². The molecule has 0 bridgehead atoms. The Morgan fingerprint density at radius 3 is 2.56 bits per heavy atom. The van der Waals surface area contributed by atoms with E-state index in [0.29, 0.717) is 0 Å². The maximum absolute atomic E-state index is 12.6. The van der Waals surface area contributed by atoms with Crippen molar-refractivity contribution in [2.45, 2.75) is 13.0 Å². The second-order valence-corrected chi connectivity index (χ2v) is 6.68. The van der Waals surface area contributed by atoms with Gasteiger partial charge in [-0.3, -0.25) is 14.7 Å². The van der Waals surface area contributed by atoms with Gasteiger partial charge in [0.25, 0.3) is 5.91 Å². The lowest BCUT2D eigenvalue weighted by molar-refractivity contribution is 0.0761. The molecule has 0 spiro atoms. The van der Waals surface area contributed by atoms with Crippen LogP contribution in [0, 0.1) is 0 Å². The molecule has 132 valence electrons. The van der Waals surface area contributed by atoms with Gasteiger partial charge in [0.2, 0.25) is 0 Å². The number of rotatable bonds is 4. The number of aromatic nitrogens is 1. The highest BCUT2D eigenvalue weighted by Crippen LogP contribution is 2.20. The first-order valence-electron chi connectivity index (χ1n) is 8.82. The minimum absolute atomic E-state index is 0.109. The Morgan fingerprint density at radius 1 is 1.04 bits per heavy atom. The zero-order chi connectivity index (χ0) is 17.6. The van der Waals surface area contributed by atoms with E-state index in [1.165, 1.54) is 11.3 Å². The first-order chi connectivity index (χ1) is 12.1. The molecule has 0 radical (unpaired) electrons. The van der Waals surface area contributed by atoms with Crippen LogP contribution in [0.1, 0.15) is 22.3 Å². The van der Waals surface area contributed by atoms with E-state index in [1.807, 2.05) is 4.90 Å². The lowest BCUT2D eigenvalue weighted by Gasteiger charge is -2.24. The number of carbonyl (C=O) groups is 1. The van der Waals surface area contributed by atoms with Crippen molar-refractivity contribution in [1.82, 2.24) is 14.8 Å². The monoisotopic (exact) mass is 338 g/mol. The summed E-state index contributed by atoms with van der Waals surface area (Å²) in [5.74, 6) is 0.109. The van der Waals surface area contributed by atoms with Gasteiger partial charge in [-0.25, -0.2) is 0 Å². The third-order valence-electron chi connectivity index (χ3n) is 4.67. The third kappa shape index (κ3) is 4.37. The molecular weight excluding hydrogens is 312 g/mol. The minimum atomic E-state index is 0.109. The molecule has 1 fully saturated rings. The van der Waals surface area contributed by atoms with Gasteiger partial charge < -0.3 is 9.80 Å². The van der Waals surface area contributed by atoms with Crippen LogP contribution in [-0.4, -0.2) is 61.0 Å². The Bertz CT molecular complexity index is 702. The summed E-state index contributed by atoms with van der Waals surface area (Å²) in [6, 6.07) is 12.1. The topological polar surface area (TPSA) is 39.7 Å². The van der Waals surface area contributed by atoms with Gasteiger partial charge in [-0.15, -0.1) is 0 Å². The first kappa shape index (κ1) is 17.4. The smallest absolute Gasteiger partial charge is 0.254 e. The number of anilines is 1. The van der Waals surface area contributed by atoms with Crippen LogP contribution >= 0.6 is 0 Å². The highest BCUT2D eigenvalue weighted by molar-refractivity contribution is 5.94. The number of benzene rings is 1. The second-order valence-electron chi connectivity index (χ2n) is 6.68. The molecule has 1 aliphatic rings. The predicted molar refractivity (Wildman–Crippen MR) is 101 cm³/mol. The molecule has 0 N–H and O–H groups in total. The Balaban J connectivity index is 1.63. The Labute approximate surface area is 149 Å². The zero-order valence-corrected chi connectivity index (χ0v) is 15.1. The highest BCUT2D eigenvalue weighted by atomic mass is 16.2. The molecule has 3 rings (SSSR count). The molecule has 1 saturated heterocycles. The summed E-state index contributed by atoms with van der Waals surface area (Å²) in [5, 5.41) is 0. The maximum Gasteiger partial charge on any atom is 0.254 e. The molecule has 1 aromatic heterocycles. The van der Waals surface area contributed by atoms with Gasteiger partial charge >= 0.3 is 0 Å². The molecule has 0 aliphatic carbocycles. The molecule has 1 amide bonds. The quantitative estimate of drug-likeness (QED) is 0.859. The summed E-state index contributed by atoms with van der Waals surface area (Å²) in [7, 11) is 4.16. The van der Waals surface area contributed by atoms with Gasteiger partial charge in [0.1, 0.15) is 0 Å². The van der Waals surface area contributed by atoms with Crippen molar-refractivity contribution in [3.8, 4) is 0 Å². The SMILES string of the molecule is CN(C)c1ccccc1CN1CCCN(C(=O)c2ccncc2)CC1. The summed E-state index contributed by atoms with van der Waals surface area (Å²) in [5.41, 5.74) is 3.32. The van der Waals surface area contributed by atoms with E-state index >= 15 is 0 Å². The molecule has 25 heavy (non-hydrogen) atoms. The van der Waals surface area contributed by atoms with Gasteiger partial charge in [0.05, 0.1) is 0 Å². The molecule has 5 nitrogen and oxygen atoms in total. The van der Waals surface area contributed by atoms with Crippen LogP contribution in [0.3, 0.4) is 0 Å². The average Bonchev–Trinajstić information content (AvgIpc) is 2.88. The van der Waals surface area contributed by atoms with E-state index in [1.54, 1.807) is 24.5 Å². The van der Waals surface area contributed by atoms with Crippen molar-refractivity contribution in [3.05, 3.63) is 59.9 Å². The Hall–Kier alpha value is -2.40. The fourth-order valence-corrected chi connectivity index (χ4v) is 3.33. The van der Waals surface area contributed by atoms with Gasteiger partial charge in [-0.1, -0.05) is 18.2 Å². The minimum Gasteiger partial charge on any atom is -0.377 e. The summed E-state index contributed by atoms with van der Waals surface area (Å²) in [6.07, 6.45) is 4.35. The molecule has 0 saturated carbocycles. The third-order valence-corrected chi connectivity index (χ3v) is 4.67. The van der Waals surface area contributed by atoms with Crippen molar-refractivity contribution in [1.29, 1.82) is 0 Å². The highest BCUT2D eigenvalue weighted by Gasteiger charge is 2.20. The first-order valence-corrected chi connectivity index (χ1v) is 8.82. The molecule has 0 atom stereocenters. The van der Waals surface area contributed by atoms with Crippen LogP contribution in [0.2, 0.25) is 0 Å². The standard InChI is InChI=1S/C20H26N4O/c1-22(2)19-7-4-3-6-18(19)16-23-12-5-13-24(15-14-23)20(25)17-8-10-21-11-9-17/h3-4,6-11H,5,12-16H2,1-2H3. The number of carbonyl (C=O) groups excluding carboxylic acids is 1. The number of hydrogen-bond acceptors (Lipinski definition) is 4. The molecule has 2 aromatic rings.